The normalized spacial score (nSPS) is 27.2. The van der Waals surface area contributed by atoms with Gasteiger partial charge < -0.3 is 20.1 Å². The Balaban J connectivity index is 2.27. The van der Waals surface area contributed by atoms with Crippen LogP contribution in [0, 0.1) is 0 Å². The van der Waals surface area contributed by atoms with E-state index in [2.05, 4.69) is 23.4 Å². The molecule has 102 valence electrons. The first-order chi connectivity index (χ1) is 9.06. The van der Waals surface area contributed by atoms with Gasteiger partial charge in [-0.15, -0.1) is 0 Å². The van der Waals surface area contributed by atoms with Crippen molar-refractivity contribution >= 4 is 16.7 Å². The van der Waals surface area contributed by atoms with E-state index in [-0.39, 0.29) is 18.2 Å². The monoisotopic (exact) mass is 261 g/mol. The standard InChI is InChI=1S/C14H19N3O2/c1-9-14(2,5-6-19-9)17-12-4-3-10(15)7-11(12)16-13(17)8-18/h3-4,7,9,18H,5-6,8,15H2,1-2H3. The number of nitrogen functional groups attached to an aromatic ring is 1. The van der Waals surface area contributed by atoms with Crippen molar-refractivity contribution in [3.8, 4) is 0 Å². The summed E-state index contributed by atoms with van der Waals surface area (Å²) in [5, 5.41) is 9.59. The number of aliphatic hydroxyl groups is 1. The van der Waals surface area contributed by atoms with Crippen LogP contribution in [0.15, 0.2) is 18.2 Å². The SMILES string of the molecule is CC1OCCC1(C)n1c(CO)nc2cc(N)ccc21. The fraction of sp³-hybridized carbons (Fsp3) is 0.500. The van der Waals surface area contributed by atoms with Crippen molar-refractivity contribution < 1.29 is 9.84 Å². The Morgan fingerprint density at radius 3 is 3.00 bits per heavy atom. The van der Waals surface area contributed by atoms with Crippen LogP contribution in [-0.2, 0) is 16.9 Å². The van der Waals surface area contributed by atoms with Crippen molar-refractivity contribution in [1.29, 1.82) is 0 Å². The molecule has 0 aliphatic carbocycles. The number of aromatic nitrogens is 2. The summed E-state index contributed by atoms with van der Waals surface area (Å²) in [6.07, 6.45) is 1.00. The fourth-order valence-corrected chi connectivity index (χ4v) is 2.94. The molecule has 0 bridgehead atoms. The highest BCUT2D eigenvalue weighted by Gasteiger charge is 2.40. The second-order valence-corrected chi connectivity index (χ2v) is 5.39. The van der Waals surface area contributed by atoms with Crippen LogP contribution in [0.5, 0.6) is 0 Å². The minimum Gasteiger partial charge on any atom is -0.399 e. The summed E-state index contributed by atoms with van der Waals surface area (Å²) in [7, 11) is 0. The minimum atomic E-state index is -0.178. The van der Waals surface area contributed by atoms with Crippen molar-refractivity contribution in [2.45, 2.75) is 38.5 Å². The molecule has 0 spiro atoms. The molecule has 5 heteroatoms. The molecule has 3 N–H and O–H groups in total. The van der Waals surface area contributed by atoms with E-state index in [1.165, 1.54) is 0 Å². The van der Waals surface area contributed by atoms with Crippen LogP contribution in [0.25, 0.3) is 11.0 Å². The molecule has 1 fully saturated rings. The summed E-state index contributed by atoms with van der Waals surface area (Å²) in [5.74, 6) is 0.667. The highest BCUT2D eigenvalue weighted by molar-refractivity contribution is 5.80. The van der Waals surface area contributed by atoms with E-state index < -0.39 is 0 Å². The second kappa shape index (κ2) is 4.21. The zero-order valence-corrected chi connectivity index (χ0v) is 11.3. The largest absolute Gasteiger partial charge is 0.399 e. The average molecular weight is 261 g/mol. The van der Waals surface area contributed by atoms with Gasteiger partial charge in [-0.25, -0.2) is 4.98 Å². The second-order valence-electron chi connectivity index (χ2n) is 5.39. The van der Waals surface area contributed by atoms with E-state index >= 15 is 0 Å². The van der Waals surface area contributed by atoms with Crippen molar-refractivity contribution in [3.05, 3.63) is 24.0 Å². The number of ether oxygens (including phenoxy) is 1. The third-order valence-electron chi connectivity index (χ3n) is 4.25. The topological polar surface area (TPSA) is 73.3 Å². The van der Waals surface area contributed by atoms with E-state index in [4.69, 9.17) is 10.5 Å². The molecule has 0 radical (unpaired) electrons. The number of aliphatic hydroxyl groups excluding tert-OH is 1. The molecule has 3 rings (SSSR count). The predicted molar refractivity (Wildman–Crippen MR) is 73.7 cm³/mol. The van der Waals surface area contributed by atoms with Crippen molar-refractivity contribution in [3.63, 3.8) is 0 Å². The molecule has 1 aromatic carbocycles. The molecule has 1 saturated heterocycles. The van der Waals surface area contributed by atoms with Crippen LogP contribution in [0.4, 0.5) is 5.69 Å². The van der Waals surface area contributed by atoms with E-state index in [1.54, 1.807) is 0 Å². The zero-order chi connectivity index (χ0) is 13.6. The van der Waals surface area contributed by atoms with Gasteiger partial charge in [0, 0.05) is 12.3 Å². The number of hydrogen-bond acceptors (Lipinski definition) is 4. The number of fused-ring (bicyclic) bond motifs is 1. The molecule has 1 aromatic heterocycles. The maximum atomic E-state index is 9.59. The third-order valence-corrected chi connectivity index (χ3v) is 4.25. The lowest BCUT2D eigenvalue weighted by Gasteiger charge is -2.31. The Morgan fingerprint density at radius 1 is 1.58 bits per heavy atom. The molecule has 2 aromatic rings. The van der Waals surface area contributed by atoms with E-state index in [0.717, 1.165) is 24.1 Å². The van der Waals surface area contributed by atoms with Gasteiger partial charge in [0.1, 0.15) is 12.4 Å². The molecular formula is C14H19N3O2. The highest BCUT2D eigenvalue weighted by Crippen LogP contribution is 2.37. The summed E-state index contributed by atoms with van der Waals surface area (Å²) in [5.41, 5.74) is 8.13. The zero-order valence-electron chi connectivity index (χ0n) is 11.3. The molecule has 5 nitrogen and oxygen atoms in total. The number of nitrogens with two attached hydrogens (primary N) is 1. The highest BCUT2D eigenvalue weighted by atomic mass is 16.5. The Bertz CT molecular complexity index is 622. The van der Waals surface area contributed by atoms with Gasteiger partial charge in [-0.05, 0) is 38.5 Å². The van der Waals surface area contributed by atoms with Gasteiger partial charge in [0.15, 0.2) is 0 Å². The average Bonchev–Trinajstić information content (AvgIpc) is 2.91. The maximum absolute atomic E-state index is 9.59. The molecule has 2 heterocycles. The first-order valence-electron chi connectivity index (χ1n) is 6.56. The third kappa shape index (κ3) is 1.73. The van der Waals surface area contributed by atoms with Crippen molar-refractivity contribution in [2.24, 2.45) is 0 Å². The molecule has 19 heavy (non-hydrogen) atoms. The van der Waals surface area contributed by atoms with Crippen LogP contribution in [0.2, 0.25) is 0 Å². The summed E-state index contributed by atoms with van der Waals surface area (Å²) >= 11 is 0. The summed E-state index contributed by atoms with van der Waals surface area (Å²) in [6.45, 7) is 4.87. The molecule has 1 aliphatic heterocycles. The molecule has 0 saturated carbocycles. The maximum Gasteiger partial charge on any atom is 0.136 e. The molecular weight excluding hydrogens is 242 g/mol. The van der Waals surface area contributed by atoms with Gasteiger partial charge in [0.25, 0.3) is 0 Å². The molecule has 1 aliphatic rings. The predicted octanol–water partition coefficient (Wildman–Crippen LogP) is 1.63. The number of anilines is 1. The van der Waals surface area contributed by atoms with Crippen LogP contribution in [0.3, 0.4) is 0 Å². The lowest BCUT2D eigenvalue weighted by Crippen LogP contribution is -2.38. The summed E-state index contributed by atoms with van der Waals surface area (Å²) in [6, 6.07) is 5.67. The number of rotatable bonds is 2. The van der Waals surface area contributed by atoms with Gasteiger partial charge in [0.05, 0.1) is 22.7 Å². The Labute approximate surface area is 112 Å². The summed E-state index contributed by atoms with van der Waals surface area (Å²) in [4.78, 5) is 4.49. The van der Waals surface area contributed by atoms with Crippen molar-refractivity contribution in [1.82, 2.24) is 9.55 Å². The smallest absolute Gasteiger partial charge is 0.136 e. The number of imidazole rings is 1. The number of hydrogen-bond donors (Lipinski definition) is 2. The molecule has 2 atom stereocenters. The van der Waals surface area contributed by atoms with Gasteiger partial charge >= 0.3 is 0 Å². The van der Waals surface area contributed by atoms with Gasteiger partial charge in [0.2, 0.25) is 0 Å². The van der Waals surface area contributed by atoms with E-state index in [0.29, 0.717) is 11.5 Å². The minimum absolute atomic E-state index is 0.0864. The summed E-state index contributed by atoms with van der Waals surface area (Å²) < 4.78 is 7.82. The Morgan fingerprint density at radius 2 is 2.37 bits per heavy atom. The lowest BCUT2D eigenvalue weighted by molar-refractivity contribution is 0.0745. The number of nitrogens with zero attached hydrogens (tertiary/aromatic N) is 2. The van der Waals surface area contributed by atoms with E-state index in [1.807, 2.05) is 18.2 Å². The van der Waals surface area contributed by atoms with Crippen molar-refractivity contribution in [2.75, 3.05) is 12.3 Å². The van der Waals surface area contributed by atoms with Crippen LogP contribution < -0.4 is 5.73 Å². The van der Waals surface area contributed by atoms with Gasteiger partial charge in [-0.3, -0.25) is 0 Å². The quantitative estimate of drug-likeness (QED) is 0.806. The first-order valence-corrected chi connectivity index (χ1v) is 6.56. The van der Waals surface area contributed by atoms with Gasteiger partial charge in [-0.2, -0.15) is 0 Å². The Hall–Kier alpha value is -1.59. The van der Waals surface area contributed by atoms with Crippen LogP contribution >= 0.6 is 0 Å². The lowest BCUT2D eigenvalue weighted by atomic mass is 9.93. The molecule has 2 unspecified atom stereocenters. The van der Waals surface area contributed by atoms with E-state index in [9.17, 15) is 5.11 Å². The van der Waals surface area contributed by atoms with Crippen LogP contribution in [0.1, 0.15) is 26.1 Å². The molecule has 0 amide bonds. The number of benzene rings is 1. The van der Waals surface area contributed by atoms with Crippen LogP contribution in [-0.4, -0.2) is 27.4 Å². The fourth-order valence-electron chi connectivity index (χ4n) is 2.94. The van der Waals surface area contributed by atoms with Gasteiger partial charge in [-0.1, -0.05) is 0 Å². The Kier molecular flexibility index (Phi) is 2.76. The first kappa shape index (κ1) is 12.4.